The van der Waals surface area contributed by atoms with Crippen LogP contribution in [0.5, 0.6) is 17.2 Å². The van der Waals surface area contributed by atoms with Crippen molar-refractivity contribution in [2.45, 2.75) is 0 Å². The van der Waals surface area contributed by atoms with Crippen molar-refractivity contribution in [2.75, 3.05) is 57.8 Å². The van der Waals surface area contributed by atoms with E-state index < -0.39 is 0 Å². The van der Waals surface area contributed by atoms with Gasteiger partial charge in [-0.2, -0.15) is 0 Å². The van der Waals surface area contributed by atoms with Crippen LogP contribution in [0, 0.1) is 0 Å². The second kappa shape index (κ2) is 9.14. The highest BCUT2D eigenvalue weighted by atomic mass is 16.5. The molecule has 1 fully saturated rings. The van der Waals surface area contributed by atoms with Crippen molar-refractivity contribution in [1.82, 2.24) is 0 Å². The van der Waals surface area contributed by atoms with Gasteiger partial charge in [0.25, 0.3) is 5.91 Å². The van der Waals surface area contributed by atoms with Gasteiger partial charge >= 0.3 is 0 Å². The molecule has 3 aromatic carbocycles. The van der Waals surface area contributed by atoms with E-state index in [4.69, 9.17) is 18.9 Å². The van der Waals surface area contributed by atoms with E-state index in [1.807, 2.05) is 42.5 Å². The Hall–Kier alpha value is -3.45. The molecule has 31 heavy (non-hydrogen) atoms. The summed E-state index contributed by atoms with van der Waals surface area (Å²) in [5.41, 5.74) is 1.96. The molecule has 7 heteroatoms. The van der Waals surface area contributed by atoms with Crippen LogP contribution in [-0.4, -0.2) is 53.5 Å². The van der Waals surface area contributed by atoms with Crippen molar-refractivity contribution in [1.29, 1.82) is 0 Å². The molecule has 0 aromatic heterocycles. The van der Waals surface area contributed by atoms with Crippen LogP contribution in [0.25, 0.3) is 10.8 Å². The van der Waals surface area contributed by atoms with Crippen LogP contribution in [0.15, 0.2) is 48.5 Å². The molecular formula is C24H26N2O5. The van der Waals surface area contributed by atoms with Crippen molar-refractivity contribution in [3.63, 3.8) is 0 Å². The van der Waals surface area contributed by atoms with E-state index in [1.54, 1.807) is 27.4 Å². The van der Waals surface area contributed by atoms with Gasteiger partial charge in [-0.3, -0.25) is 4.79 Å². The number of nitrogens with zero attached hydrogens (tertiary/aromatic N) is 1. The SMILES string of the molecule is COc1cc(NC(=O)c2cc3ccccc3cc2OC)c(N2CCOCC2)cc1OC. The van der Waals surface area contributed by atoms with Gasteiger partial charge in [0.05, 0.1) is 51.5 Å². The lowest BCUT2D eigenvalue weighted by Gasteiger charge is -2.31. The quantitative estimate of drug-likeness (QED) is 0.649. The van der Waals surface area contributed by atoms with Gasteiger partial charge in [-0.05, 0) is 22.9 Å². The summed E-state index contributed by atoms with van der Waals surface area (Å²) in [7, 11) is 4.74. The third-order valence-electron chi connectivity index (χ3n) is 5.41. The summed E-state index contributed by atoms with van der Waals surface area (Å²) in [6.07, 6.45) is 0. The third-order valence-corrected chi connectivity index (χ3v) is 5.41. The number of morpholine rings is 1. The molecule has 1 aliphatic heterocycles. The molecule has 3 aromatic rings. The molecule has 1 amide bonds. The minimum absolute atomic E-state index is 0.260. The number of anilines is 2. The first kappa shape index (κ1) is 20.8. The normalized spacial score (nSPS) is 13.7. The first-order valence-electron chi connectivity index (χ1n) is 10.1. The highest BCUT2D eigenvalue weighted by Crippen LogP contribution is 2.39. The predicted molar refractivity (Wildman–Crippen MR) is 121 cm³/mol. The summed E-state index contributed by atoms with van der Waals surface area (Å²) >= 11 is 0. The Morgan fingerprint density at radius 2 is 1.48 bits per heavy atom. The van der Waals surface area contributed by atoms with Crippen LogP contribution >= 0.6 is 0 Å². The second-order valence-corrected chi connectivity index (χ2v) is 7.18. The Morgan fingerprint density at radius 1 is 0.871 bits per heavy atom. The van der Waals surface area contributed by atoms with E-state index in [9.17, 15) is 4.79 Å². The number of hydrogen-bond acceptors (Lipinski definition) is 6. The lowest BCUT2D eigenvalue weighted by molar-refractivity contribution is 0.102. The van der Waals surface area contributed by atoms with Crippen LogP contribution in [0.2, 0.25) is 0 Å². The maximum Gasteiger partial charge on any atom is 0.259 e. The summed E-state index contributed by atoms with van der Waals surface area (Å²) in [6.45, 7) is 2.69. The highest BCUT2D eigenvalue weighted by Gasteiger charge is 2.22. The fourth-order valence-corrected chi connectivity index (χ4v) is 3.79. The zero-order valence-corrected chi connectivity index (χ0v) is 17.9. The lowest BCUT2D eigenvalue weighted by Crippen LogP contribution is -2.36. The van der Waals surface area contributed by atoms with Gasteiger partial charge in [-0.15, -0.1) is 0 Å². The van der Waals surface area contributed by atoms with Crippen LogP contribution in [-0.2, 0) is 4.74 Å². The van der Waals surface area contributed by atoms with Gasteiger partial charge in [0.2, 0.25) is 0 Å². The van der Waals surface area contributed by atoms with Gasteiger partial charge in [-0.1, -0.05) is 24.3 Å². The van der Waals surface area contributed by atoms with Gasteiger partial charge in [-0.25, -0.2) is 0 Å². The second-order valence-electron chi connectivity index (χ2n) is 7.18. The molecule has 1 heterocycles. The number of amides is 1. The molecule has 0 radical (unpaired) electrons. The fourth-order valence-electron chi connectivity index (χ4n) is 3.79. The summed E-state index contributed by atoms with van der Waals surface area (Å²) < 4.78 is 21.9. The topological polar surface area (TPSA) is 69.3 Å². The zero-order valence-electron chi connectivity index (χ0n) is 17.9. The van der Waals surface area contributed by atoms with Gasteiger partial charge in [0.1, 0.15) is 5.75 Å². The number of carbonyl (C=O) groups is 1. The number of hydrogen-bond donors (Lipinski definition) is 1. The number of methoxy groups -OCH3 is 3. The van der Waals surface area contributed by atoms with E-state index in [1.165, 1.54) is 0 Å². The summed E-state index contributed by atoms with van der Waals surface area (Å²) in [5, 5.41) is 5.03. The lowest BCUT2D eigenvalue weighted by atomic mass is 10.0. The van der Waals surface area contributed by atoms with Crippen molar-refractivity contribution in [3.05, 3.63) is 54.1 Å². The molecule has 1 N–H and O–H groups in total. The fraction of sp³-hybridized carbons (Fsp3) is 0.292. The van der Waals surface area contributed by atoms with Crippen LogP contribution in [0.1, 0.15) is 10.4 Å². The highest BCUT2D eigenvalue weighted by molar-refractivity contribution is 6.10. The van der Waals surface area contributed by atoms with E-state index in [2.05, 4.69) is 10.2 Å². The number of carbonyl (C=O) groups excluding carboxylic acids is 1. The van der Waals surface area contributed by atoms with Crippen LogP contribution in [0.3, 0.4) is 0 Å². The van der Waals surface area contributed by atoms with E-state index >= 15 is 0 Å². The van der Waals surface area contributed by atoms with Crippen LogP contribution < -0.4 is 24.4 Å². The minimum Gasteiger partial charge on any atom is -0.496 e. The average Bonchev–Trinajstić information content (AvgIpc) is 2.83. The summed E-state index contributed by atoms with van der Waals surface area (Å²) in [4.78, 5) is 15.5. The molecule has 1 aliphatic rings. The number of nitrogens with one attached hydrogen (secondary N) is 1. The molecule has 0 atom stereocenters. The molecule has 0 unspecified atom stereocenters. The first-order valence-corrected chi connectivity index (χ1v) is 10.1. The van der Waals surface area contributed by atoms with Crippen molar-refractivity contribution >= 4 is 28.1 Å². The molecular weight excluding hydrogens is 396 g/mol. The maximum atomic E-state index is 13.3. The average molecular weight is 422 g/mol. The van der Waals surface area contributed by atoms with Gasteiger partial charge in [0, 0.05) is 25.2 Å². The Labute approximate surface area is 181 Å². The van der Waals surface area contributed by atoms with Gasteiger partial charge < -0.3 is 29.2 Å². The molecule has 7 nitrogen and oxygen atoms in total. The molecule has 0 spiro atoms. The molecule has 1 saturated heterocycles. The maximum absolute atomic E-state index is 13.3. The Balaban J connectivity index is 1.74. The van der Waals surface area contributed by atoms with E-state index in [0.29, 0.717) is 41.7 Å². The predicted octanol–water partition coefficient (Wildman–Crippen LogP) is 3.95. The van der Waals surface area contributed by atoms with Gasteiger partial charge in [0.15, 0.2) is 11.5 Å². The monoisotopic (exact) mass is 422 g/mol. The van der Waals surface area contributed by atoms with Crippen molar-refractivity contribution < 1.29 is 23.7 Å². The molecule has 4 rings (SSSR count). The summed E-state index contributed by atoms with van der Waals surface area (Å²) in [6, 6.07) is 15.3. The summed E-state index contributed by atoms with van der Waals surface area (Å²) in [5.74, 6) is 1.40. The number of ether oxygens (including phenoxy) is 4. The van der Waals surface area contributed by atoms with Crippen molar-refractivity contribution in [3.8, 4) is 17.2 Å². The van der Waals surface area contributed by atoms with Crippen LogP contribution in [0.4, 0.5) is 11.4 Å². The number of rotatable bonds is 6. The molecule has 0 saturated carbocycles. The third kappa shape index (κ3) is 4.22. The molecule has 0 aliphatic carbocycles. The smallest absolute Gasteiger partial charge is 0.259 e. The first-order chi connectivity index (χ1) is 15.1. The standard InChI is InChI=1S/C24H26N2O5/c1-28-21-13-17-7-5-4-6-16(17)12-18(21)24(27)25-19-14-22(29-2)23(30-3)15-20(19)26-8-10-31-11-9-26/h4-7,12-15H,8-11H2,1-3H3,(H,25,27). The Bertz CT molecular complexity index is 1090. The molecule has 162 valence electrons. The van der Waals surface area contributed by atoms with E-state index in [-0.39, 0.29) is 5.91 Å². The Morgan fingerprint density at radius 3 is 2.13 bits per heavy atom. The number of benzene rings is 3. The Kier molecular flexibility index (Phi) is 6.13. The van der Waals surface area contributed by atoms with Crippen molar-refractivity contribution in [2.24, 2.45) is 0 Å². The minimum atomic E-state index is -0.260. The largest absolute Gasteiger partial charge is 0.496 e. The van der Waals surface area contributed by atoms with E-state index in [0.717, 1.165) is 29.5 Å². The molecule has 0 bridgehead atoms. The zero-order chi connectivity index (χ0) is 21.8. The number of fused-ring (bicyclic) bond motifs is 1.